The summed E-state index contributed by atoms with van der Waals surface area (Å²) >= 11 is 5.81. The van der Waals surface area contributed by atoms with Gasteiger partial charge in [0.15, 0.2) is 6.29 Å². The summed E-state index contributed by atoms with van der Waals surface area (Å²) in [5.41, 5.74) is 1.47. The van der Waals surface area contributed by atoms with Crippen molar-refractivity contribution in [2.45, 2.75) is 13.8 Å². The van der Waals surface area contributed by atoms with E-state index in [-0.39, 0.29) is 22.7 Å². The SMILES string of the molecule is Cc1cc(C)c(Oc2ccc(Cl)cc2C=O)c([N+](=O)[O-])c1. The minimum absolute atomic E-state index is 0.121. The molecule has 0 radical (unpaired) electrons. The van der Waals surface area contributed by atoms with Gasteiger partial charge in [0.2, 0.25) is 5.75 Å². The Labute approximate surface area is 126 Å². The van der Waals surface area contributed by atoms with Gasteiger partial charge in [-0.15, -0.1) is 0 Å². The van der Waals surface area contributed by atoms with Gasteiger partial charge in [0.25, 0.3) is 0 Å². The Balaban J connectivity index is 2.54. The predicted octanol–water partition coefficient (Wildman–Crippen LogP) is 4.47. The second kappa shape index (κ2) is 5.93. The fourth-order valence-corrected chi connectivity index (χ4v) is 2.20. The van der Waals surface area contributed by atoms with E-state index in [2.05, 4.69) is 0 Å². The Morgan fingerprint density at radius 3 is 2.57 bits per heavy atom. The van der Waals surface area contributed by atoms with Gasteiger partial charge in [-0.25, -0.2) is 0 Å². The van der Waals surface area contributed by atoms with Crippen molar-refractivity contribution < 1.29 is 14.5 Å². The van der Waals surface area contributed by atoms with Gasteiger partial charge >= 0.3 is 5.69 Å². The molecule has 5 nitrogen and oxygen atoms in total. The van der Waals surface area contributed by atoms with Gasteiger partial charge in [0.1, 0.15) is 5.75 Å². The Hall–Kier alpha value is -2.40. The molecule has 2 aromatic rings. The molecule has 2 aromatic carbocycles. The van der Waals surface area contributed by atoms with Crippen molar-refractivity contribution in [3.63, 3.8) is 0 Å². The first-order chi connectivity index (χ1) is 9.92. The van der Waals surface area contributed by atoms with E-state index in [1.165, 1.54) is 18.2 Å². The van der Waals surface area contributed by atoms with Crippen LogP contribution in [0.15, 0.2) is 30.3 Å². The molecule has 0 aromatic heterocycles. The van der Waals surface area contributed by atoms with E-state index in [1.54, 1.807) is 26.0 Å². The fourth-order valence-electron chi connectivity index (χ4n) is 2.01. The van der Waals surface area contributed by atoms with Crippen molar-refractivity contribution in [1.82, 2.24) is 0 Å². The number of nitro groups is 1. The largest absolute Gasteiger partial charge is 0.449 e. The van der Waals surface area contributed by atoms with E-state index in [0.717, 1.165) is 5.56 Å². The second-order valence-corrected chi connectivity index (χ2v) is 5.03. The number of hydrogen-bond donors (Lipinski definition) is 0. The van der Waals surface area contributed by atoms with Gasteiger partial charge in [-0.1, -0.05) is 17.7 Å². The number of ether oxygens (including phenoxy) is 1. The minimum Gasteiger partial charge on any atom is -0.449 e. The minimum atomic E-state index is -0.508. The van der Waals surface area contributed by atoms with Crippen LogP contribution in [-0.4, -0.2) is 11.2 Å². The number of benzene rings is 2. The maximum atomic E-state index is 11.2. The number of aryl methyl sites for hydroxylation is 2. The van der Waals surface area contributed by atoms with E-state index in [0.29, 0.717) is 16.9 Å². The topological polar surface area (TPSA) is 69.4 Å². The molecule has 2 rings (SSSR count). The van der Waals surface area contributed by atoms with Crippen LogP contribution in [0.3, 0.4) is 0 Å². The molecular weight excluding hydrogens is 294 g/mol. The van der Waals surface area contributed by atoms with Crippen molar-refractivity contribution in [3.05, 3.63) is 62.2 Å². The number of aldehydes is 1. The zero-order chi connectivity index (χ0) is 15.6. The first kappa shape index (κ1) is 15.0. The first-order valence-corrected chi connectivity index (χ1v) is 6.48. The van der Waals surface area contributed by atoms with Gasteiger partial charge < -0.3 is 4.74 Å². The lowest BCUT2D eigenvalue weighted by atomic mass is 10.1. The van der Waals surface area contributed by atoms with Crippen LogP contribution in [-0.2, 0) is 0 Å². The zero-order valence-corrected chi connectivity index (χ0v) is 12.2. The van der Waals surface area contributed by atoms with Gasteiger partial charge in [-0.3, -0.25) is 14.9 Å². The van der Waals surface area contributed by atoms with E-state index in [1.807, 2.05) is 0 Å². The molecule has 0 aliphatic carbocycles. The van der Waals surface area contributed by atoms with Crippen molar-refractivity contribution in [2.75, 3.05) is 0 Å². The fraction of sp³-hybridized carbons (Fsp3) is 0.133. The summed E-state index contributed by atoms with van der Waals surface area (Å²) in [6.45, 7) is 3.48. The summed E-state index contributed by atoms with van der Waals surface area (Å²) in [6.07, 6.45) is 0.594. The van der Waals surface area contributed by atoms with Crippen LogP contribution in [0.2, 0.25) is 5.02 Å². The normalized spacial score (nSPS) is 10.2. The molecule has 0 atom stereocenters. The molecule has 6 heteroatoms. The summed E-state index contributed by atoms with van der Waals surface area (Å²) in [6, 6.07) is 7.71. The molecule has 0 aliphatic rings. The third-order valence-corrected chi connectivity index (χ3v) is 3.14. The maximum absolute atomic E-state index is 11.2. The molecule has 108 valence electrons. The van der Waals surface area contributed by atoms with Gasteiger partial charge in [0.05, 0.1) is 10.5 Å². The van der Waals surface area contributed by atoms with Crippen molar-refractivity contribution in [2.24, 2.45) is 0 Å². The smallest absolute Gasteiger partial charge is 0.312 e. The van der Waals surface area contributed by atoms with E-state index >= 15 is 0 Å². The summed E-state index contributed by atoms with van der Waals surface area (Å²) < 4.78 is 5.60. The van der Waals surface area contributed by atoms with E-state index < -0.39 is 4.92 Å². The lowest BCUT2D eigenvalue weighted by Crippen LogP contribution is -1.98. The van der Waals surface area contributed by atoms with Crippen LogP contribution >= 0.6 is 11.6 Å². The highest BCUT2D eigenvalue weighted by molar-refractivity contribution is 6.30. The number of rotatable bonds is 4. The molecule has 0 N–H and O–H groups in total. The van der Waals surface area contributed by atoms with E-state index in [4.69, 9.17) is 16.3 Å². The quantitative estimate of drug-likeness (QED) is 0.475. The van der Waals surface area contributed by atoms with Gasteiger partial charge in [-0.2, -0.15) is 0 Å². The zero-order valence-electron chi connectivity index (χ0n) is 11.4. The van der Waals surface area contributed by atoms with Crippen LogP contribution in [0.4, 0.5) is 5.69 Å². The molecule has 0 unspecified atom stereocenters. The Morgan fingerprint density at radius 2 is 1.95 bits per heavy atom. The van der Waals surface area contributed by atoms with Crippen LogP contribution in [0, 0.1) is 24.0 Å². The third kappa shape index (κ3) is 3.20. The molecule has 0 heterocycles. The molecular formula is C15H12ClNO4. The number of nitrogens with zero attached hydrogens (tertiary/aromatic N) is 1. The van der Waals surface area contributed by atoms with Crippen molar-refractivity contribution >= 4 is 23.6 Å². The number of carbonyl (C=O) groups excluding carboxylic acids is 1. The number of hydrogen-bond acceptors (Lipinski definition) is 4. The summed E-state index contributed by atoms with van der Waals surface area (Å²) in [5, 5.41) is 11.5. The lowest BCUT2D eigenvalue weighted by Gasteiger charge is -2.11. The third-order valence-electron chi connectivity index (χ3n) is 2.91. The molecule has 0 amide bonds. The van der Waals surface area contributed by atoms with Crippen LogP contribution in [0.25, 0.3) is 0 Å². The summed E-state index contributed by atoms with van der Waals surface area (Å²) in [5.74, 6) is 0.348. The van der Waals surface area contributed by atoms with Gasteiger partial charge in [-0.05, 0) is 43.2 Å². The highest BCUT2D eigenvalue weighted by Gasteiger charge is 2.20. The molecule has 0 saturated heterocycles. The highest BCUT2D eigenvalue weighted by atomic mass is 35.5. The van der Waals surface area contributed by atoms with Crippen LogP contribution in [0.1, 0.15) is 21.5 Å². The molecule has 0 saturated carbocycles. The van der Waals surface area contributed by atoms with Gasteiger partial charge in [0, 0.05) is 11.1 Å². The number of carbonyl (C=O) groups is 1. The Kier molecular flexibility index (Phi) is 4.23. The van der Waals surface area contributed by atoms with Crippen LogP contribution < -0.4 is 4.74 Å². The van der Waals surface area contributed by atoms with Crippen LogP contribution in [0.5, 0.6) is 11.5 Å². The van der Waals surface area contributed by atoms with E-state index in [9.17, 15) is 14.9 Å². The average Bonchev–Trinajstić information content (AvgIpc) is 2.42. The molecule has 0 aliphatic heterocycles. The lowest BCUT2D eigenvalue weighted by molar-refractivity contribution is -0.385. The molecule has 0 fully saturated rings. The highest BCUT2D eigenvalue weighted by Crippen LogP contribution is 2.37. The molecule has 0 spiro atoms. The summed E-state index contributed by atoms with van der Waals surface area (Å²) in [7, 11) is 0. The van der Waals surface area contributed by atoms with Crippen molar-refractivity contribution in [3.8, 4) is 11.5 Å². The summed E-state index contributed by atoms with van der Waals surface area (Å²) in [4.78, 5) is 21.7. The number of halogens is 1. The predicted molar refractivity (Wildman–Crippen MR) is 79.5 cm³/mol. The maximum Gasteiger partial charge on any atom is 0.312 e. The van der Waals surface area contributed by atoms with Crippen molar-refractivity contribution in [1.29, 1.82) is 0 Å². The Morgan fingerprint density at radius 1 is 1.24 bits per heavy atom. The average molecular weight is 306 g/mol. The molecule has 21 heavy (non-hydrogen) atoms. The molecule has 0 bridgehead atoms. The standard InChI is InChI=1S/C15H12ClNO4/c1-9-5-10(2)15(13(6-9)17(19)20)21-14-4-3-12(16)7-11(14)8-18/h3-8H,1-2H3. The Bertz CT molecular complexity index is 728. The first-order valence-electron chi connectivity index (χ1n) is 6.10. The monoisotopic (exact) mass is 305 g/mol. The second-order valence-electron chi connectivity index (χ2n) is 4.59. The number of nitro benzene ring substituents is 1.